The first kappa shape index (κ1) is 14.6. The fourth-order valence-electron chi connectivity index (χ4n) is 2.17. The summed E-state index contributed by atoms with van der Waals surface area (Å²) in [6, 6.07) is 4.07. The zero-order valence-corrected chi connectivity index (χ0v) is 12.2. The Balaban J connectivity index is 2.43. The van der Waals surface area contributed by atoms with Crippen LogP contribution in [-0.2, 0) is 16.4 Å². The number of nitrogens with zero attached hydrogens (tertiary/aromatic N) is 1. The summed E-state index contributed by atoms with van der Waals surface area (Å²) >= 11 is 1.59. The quantitative estimate of drug-likeness (QED) is 0.910. The van der Waals surface area contributed by atoms with Crippen LogP contribution in [0.15, 0.2) is 18.2 Å². The first-order valence-corrected chi connectivity index (χ1v) is 8.97. The summed E-state index contributed by atoms with van der Waals surface area (Å²) in [5.74, 6) is 0.866. The van der Waals surface area contributed by atoms with E-state index in [9.17, 15) is 17.9 Å². The Labute approximate surface area is 116 Å². The zero-order valence-electron chi connectivity index (χ0n) is 10.5. The number of halogens is 1. The van der Waals surface area contributed by atoms with E-state index in [-0.39, 0.29) is 6.61 Å². The Bertz CT molecular complexity index is 562. The van der Waals surface area contributed by atoms with E-state index in [2.05, 4.69) is 0 Å². The predicted octanol–water partition coefficient (Wildman–Crippen LogP) is 1.24. The van der Waals surface area contributed by atoms with E-state index in [0.717, 1.165) is 5.75 Å². The van der Waals surface area contributed by atoms with Crippen LogP contribution in [0.5, 0.6) is 0 Å². The molecule has 2 rings (SSSR count). The van der Waals surface area contributed by atoms with Gasteiger partial charge in [-0.15, -0.1) is 0 Å². The second-order valence-electron chi connectivity index (χ2n) is 4.48. The highest BCUT2D eigenvalue weighted by molar-refractivity contribution is 8.01. The molecule has 7 heteroatoms. The number of sulfone groups is 1. The third-order valence-corrected chi connectivity index (χ3v) is 5.74. The number of thioether (sulfide) groups is 1. The molecule has 4 nitrogen and oxygen atoms in total. The number of rotatable bonds is 3. The molecular formula is C12H16FNO3S2. The molecule has 106 valence electrons. The molecule has 1 aromatic carbocycles. The minimum Gasteiger partial charge on any atom is -0.392 e. The molecule has 0 aliphatic carbocycles. The van der Waals surface area contributed by atoms with Crippen LogP contribution in [0, 0.1) is 5.82 Å². The minimum atomic E-state index is -3.23. The van der Waals surface area contributed by atoms with Gasteiger partial charge < -0.3 is 10.0 Å². The van der Waals surface area contributed by atoms with E-state index in [4.69, 9.17) is 0 Å². The Morgan fingerprint density at radius 3 is 2.89 bits per heavy atom. The first-order valence-electron chi connectivity index (χ1n) is 5.86. The summed E-state index contributed by atoms with van der Waals surface area (Å²) in [7, 11) is -3.23. The van der Waals surface area contributed by atoms with Gasteiger partial charge >= 0.3 is 0 Å². The number of hydrogen-bond donors (Lipinski definition) is 1. The van der Waals surface area contributed by atoms with Crippen LogP contribution in [0.4, 0.5) is 10.1 Å². The normalized spacial score (nSPS) is 20.6. The summed E-state index contributed by atoms with van der Waals surface area (Å²) in [5, 5.41) is 8.69. The maximum Gasteiger partial charge on any atom is 0.169 e. The third kappa shape index (κ3) is 3.21. The van der Waals surface area contributed by atoms with Crippen molar-refractivity contribution in [1.29, 1.82) is 0 Å². The standard InChI is InChI=1S/C12H16FNO3S2/c1-19(16,17)12-8-18-5-4-14(12)11-3-2-10(13)6-9(11)7-15/h2-3,6,12,15H,4-5,7-8H2,1H3. The monoisotopic (exact) mass is 305 g/mol. The molecule has 1 aromatic rings. The van der Waals surface area contributed by atoms with Crippen molar-refractivity contribution in [1.82, 2.24) is 0 Å². The second-order valence-corrected chi connectivity index (χ2v) is 7.84. The summed E-state index contributed by atoms with van der Waals surface area (Å²) in [6.45, 7) is 0.258. The van der Waals surface area contributed by atoms with E-state index < -0.39 is 21.0 Å². The van der Waals surface area contributed by atoms with E-state index in [1.165, 1.54) is 24.5 Å². The fraction of sp³-hybridized carbons (Fsp3) is 0.500. The van der Waals surface area contributed by atoms with Crippen molar-refractivity contribution in [2.45, 2.75) is 12.0 Å². The summed E-state index contributed by atoms with van der Waals surface area (Å²) in [5.41, 5.74) is 1.01. The Morgan fingerprint density at radius 2 is 2.26 bits per heavy atom. The van der Waals surface area contributed by atoms with Crippen molar-refractivity contribution >= 4 is 27.3 Å². The number of anilines is 1. The molecule has 0 saturated carbocycles. The molecule has 1 fully saturated rings. The highest BCUT2D eigenvalue weighted by atomic mass is 32.2. The lowest BCUT2D eigenvalue weighted by Gasteiger charge is -2.36. The number of hydrogen-bond acceptors (Lipinski definition) is 5. The summed E-state index contributed by atoms with van der Waals surface area (Å²) in [4.78, 5) is 1.75. The maximum atomic E-state index is 13.2. The Morgan fingerprint density at radius 1 is 1.53 bits per heavy atom. The van der Waals surface area contributed by atoms with Crippen LogP contribution in [0.1, 0.15) is 5.56 Å². The molecule has 1 unspecified atom stereocenters. The topological polar surface area (TPSA) is 57.6 Å². The van der Waals surface area contributed by atoms with Gasteiger partial charge in [0.05, 0.1) is 6.61 Å². The van der Waals surface area contributed by atoms with E-state index >= 15 is 0 Å². The molecule has 0 spiro atoms. The number of benzene rings is 1. The van der Waals surface area contributed by atoms with Crippen molar-refractivity contribution in [3.05, 3.63) is 29.6 Å². The van der Waals surface area contributed by atoms with Gasteiger partial charge in [0.25, 0.3) is 0 Å². The van der Waals surface area contributed by atoms with Gasteiger partial charge in [-0.05, 0) is 18.2 Å². The Kier molecular flexibility index (Phi) is 4.37. The molecular weight excluding hydrogens is 289 g/mol. The van der Waals surface area contributed by atoms with Crippen molar-refractivity contribution in [2.75, 3.05) is 29.2 Å². The lowest BCUT2D eigenvalue weighted by Crippen LogP contribution is -2.47. The van der Waals surface area contributed by atoms with Gasteiger partial charge in [-0.3, -0.25) is 0 Å². The van der Waals surface area contributed by atoms with Crippen LogP contribution in [0.25, 0.3) is 0 Å². The smallest absolute Gasteiger partial charge is 0.169 e. The van der Waals surface area contributed by atoms with Gasteiger partial charge in [-0.1, -0.05) is 0 Å². The van der Waals surface area contributed by atoms with Crippen LogP contribution >= 0.6 is 11.8 Å². The molecule has 1 N–H and O–H groups in total. The van der Waals surface area contributed by atoms with Gasteiger partial charge in [-0.2, -0.15) is 11.8 Å². The maximum absolute atomic E-state index is 13.2. The predicted molar refractivity (Wildman–Crippen MR) is 75.6 cm³/mol. The van der Waals surface area contributed by atoms with Crippen LogP contribution in [-0.4, -0.2) is 43.2 Å². The van der Waals surface area contributed by atoms with Gasteiger partial charge in [0, 0.05) is 35.6 Å². The Hall–Kier alpha value is -0.790. The molecule has 1 atom stereocenters. The molecule has 0 aromatic heterocycles. The third-order valence-electron chi connectivity index (χ3n) is 3.10. The van der Waals surface area contributed by atoms with Crippen molar-refractivity contribution in [2.24, 2.45) is 0 Å². The zero-order chi connectivity index (χ0) is 14.0. The largest absolute Gasteiger partial charge is 0.392 e. The van der Waals surface area contributed by atoms with Gasteiger partial charge in [-0.25, -0.2) is 12.8 Å². The number of aliphatic hydroxyl groups excluding tert-OH is 1. The van der Waals surface area contributed by atoms with Gasteiger partial charge in [0.15, 0.2) is 9.84 Å². The SMILES string of the molecule is CS(=O)(=O)C1CSCCN1c1ccc(F)cc1CO. The highest BCUT2D eigenvalue weighted by Gasteiger charge is 2.32. The molecule has 0 bridgehead atoms. The average Bonchev–Trinajstić information content (AvgIpc) is 2.37. The number of aliphatic hydroxyl groups is 1. The van der Waals surface area contributed by atoms with Gasteiger partial charge in [0.1, 0.15) is 11.2 Å². The lowest BCUT2D eigenvalue weighted by molar-refractivity contribution is 0.281. The van der Waals surface area contributed by atoms with Gasteiger partial charge in [0.2, 0.25) is 0 Å². The molecule has 1 aliphatic rings. The van der Waals surface area contributed by atoms with E-state index in [1.807, 2.05) is 0 Å². The van der Waals surface area contributed by atoms with Crippen molar-refractivity contribution in [3.63, 3.8) is 0 Å². The van der Waals surface area contributed by atoms with E-state index in [1.54, 1.807) is 16.7 Å². The second kappa shape index (κ2) is 5.68. The van der Waals surface area contributed by atoms with Crippen LogP contribution < -0.4 is 4.90 Å². The average molecular weight is 305 g/mol. The minimum absolute atomic E-state index is 0.312. The van der Waals surface area contributed by atoms with Crippen molar-refractivity contribution < 1.29 is 17.9 Å². The van der Waals surface area contributed by atoms with Crippen molar-refractivity contribution in [3.8, 4) is 0 Å². The first-order chi connectivity index (χ1) is 8.93. The van der Waals surface area contributed by atoms with E-state index in [0.29, 0.717) is 23.5 Å². The highest BCUT2D eigenvalue weighted by Crippen LogP contribution is 2.30. The van der Waals surface area contributed by atoms with Crippen LogP contribution in [0.2, 0.25) is 0 Å². The molecule has 1 heterocycles. The molecule has 19 heavy (non-hydrogen) atoms. The molecule has 0 radical (unpaired) electrons. The van der Waals surface area contributed by atoms with Crippen LogP contribution in [0.3, 0.4) is 0 Å². The fourth-order valence-corrected chi connectivity index (χ4v) is 5.00. The summed E-state index contributed by atoms with van der Waals surface area (Å²) < 4.78 is 36.9. The molecule has 1 aliphatic heterocycles. The molecule has 0 amide bonds. The lowest BCUT2D eigenvalue weighted by atomic mass is 10.1. The summed E-state index contributed by atoms with van der Waals surface area (Å²) in [6.07, 6.45) is 1.21. The molecule has 1 saturated heterocycles.